The number of carbonyl (C=O) groups excluding carboxylic acids is 2. The summed E-state index contributed by atoms with van der Waals surface area (Å²) in [7, 11) is 3.06. The number of cyclic esters (lactones) is 1. The van der Waals surface area contributed by atoms with Crippen LogP contribution in [-0.4, -0.2) is 45.2 Å². The Balaban J connectivity index is 0.000000331. The maximum atomic E-state index is 10.7. The zero-order chi connectivity index (χ0) is 31.8. The van der Waals surface area contributed by atoms with Crippen molar-refractivity contribution >= 4 is 23.7 Å². The molecule has 2 N–H and O–H groups in total. The van der Waals surface area contributed by atoms with E-state index in [-0.39, 0.29) is 11.9 Å². The van der Waals surface area contributed by atoms with E-state index in [1.807, 2.05) is 46.8 Å². The van der Waals surface area contributed by atoms with Crippen LogP contribution >= 0.6 is 0 Å². The third-order valence-corrected chi connectivity index (χ3v) is 8.15. The molecule has 0 radical (unpaired) electrons. The lowest BCUT2D eigenvalue weighted by molar-refractivity contribution is -0.221. The van der Waals surface area contributed by atoms with Gasteiger partial charge < -0.3 is 24.7 Å². The SMILES string of the molecule is C/C=C1\CCOC1=O.C=C1CCC2C(CCC[C@@]2(C)COC(C)(C)OC)C1.CC.COC(=O)/C=C/c1ccc(N)cc1. The number of hydrogen-bond acceptors (Lipinski definition) is 7. The number of carbonyl (C=O) groups is 2. The lowest BCUT2D eigenvalue weighted by atomic mass is 9.58. The average molecular weight is 586 g/mol. The molecule has 1 aromatic carbocycles. The van der Waals surface area contributed by atoms with Gasteiger partial charge in [-0.05, 0) is 93.9 Å². The largest absolute Gasteiger partial charge is 0.466 e. The van der Waals surface area contributed by atoms with Crippen LogP contribution in [0, 0.1) is 17.3 Å². The Bertz CT molecular complexity index is 1040. The van der Waals surface area contributed by atoms with Gasteiger partial charge >= 0.3 is 11.9 Å². The van der Waals surface area contributed by atoms with Gasteiger partial charge in [0.2, 0.25) is 0 Å². The first-order valence-corrected chi connectivity index (χ1v) is 15.2. The monoisotopic (exact) mass is 585 g/mol. The summed E-state index contributed by atoms with van der Waals surface area (Å²) < 4.78 is 20.5. The summed E-state index contributed by atoms with van der Waals surface area (Å²) >= 11 is 0. The minimum atomic E-state index is -0.464. The highest BCUT2D eigenvalue weighted by atomic mass is 16.7. The predicted octanol–water partition coefficient (Wildman–Crippen LogP) is 7.91. The van der Waals surface area contributed by atoms with Crippen LogP contribution < -0.4 is 5.73 Å². The van der Waals surface area contributed by atoms with E-state index < -0.39 is 5.79 Å². The maximum Gasteiger partial charge on any atom is 0.333 e. The molecule has 1 saturated heterocycles. The van der Waals surface area contributed by atoms with Crippen molar-refractivity contribution in [3.63, 3.8) is 0 Å². The van der Waals surface area contributed by atoms with Gasteiger partial charge in [0, 0.05) is 30.9 Å². The van der Waals surface area contributed by atoms with Crippen LogP contribution in [0.25, 0.3) is 6.08 Å². The summed E-state index contributed by atoms with van der Waals surface area (Å²) in [5, 5.41) is 0. The van der Waals surface area contributed by atoms with Crippen molar-refractivity contribution < 1.29 is 28.5 Å². The molecule has 2 aliphatic carbocycles. The Labute approximate surface area is 254 Å². The van der Waals surface area contributed by atoms with Gasteiger partial charge in [-0.3, -0.25) is 0 Å². The van der Waals surface area contributed by atoms with Crippen molar-refractivity contribution in [3.05, 3.63) is 59.7 Å². The minimum absolute atomic E-state index is 0.146. The smallest absolute Gasteiger partial charge is 0.333 e. The minimum Gasteiger partial charge on any atom is -0.466 e. The number of methoxy groups -OCH3 is 2. The fourth-order valence-corrected chi connectivity index (χ4v) is 5.51. The quantitative estimate of drug-likeness (QED) is 0.119. The molecular weight excluding hydrogens is 530 g/mol. The molecule has 0 bridgehead atoms. The molecule has 7 nitrogen and oxygen atoms in total. The number of ether oxygens (including phenoxy) is 4. The fourth-order valence-electron chi connectivity index (χ4n) is 5.51. The molecule has 1 aromatic rings. The molecular formula is C35H55NO6. The molecule has 3 fully saturated rings. The van der Waals surface area contributed by atoms with E-state index in [1.54, 1.807) is 31.4 Å². The average Bonchev–Trinajstić information content (AvgIpc) is 3.42. The lowest BCUT2D eigenvalue weighted by Gasteiger charge is -2.49. The highest BCUT2D eigenvalue weighted by molar-refractivity contribution is 5.90. The third kappa shape index (κ3) is 12.5. The Morgan fingerprint density at radius 1 is 1.17 bits per heavy atom. The van der Waals surface area contributed by atoms with Crippen LogP contribution in [0.2, 0.25) is 0 Å². The molecule has 1 heterocycles. The second-order valence-electron chi connectivity index (χ2n) is 11.5. The summed E-state index contributed by atoms with van der Waals surface area (Å²) in [5.41, 5.74) is 9.70. The number of hydrogen-bond donors (Lipinski definition) is 1. The van der Waals surface area contributed by atoms with Gasteiger partial charge in [-0.15, -0.1) is 0 Å². The van der Waals surface area contributed by atoms with Gasteiger partial charge in [0.15, 0.2) is 5.79 Å². The maximum absolute atomic E-state index is 10.7. The van der Waals surface area contributed by atoms with Gasteiger partial charge in [-0.2, -0.15) is 0 Å². The molecule has 0 amide bonds. The summed E-state index contributed by atoms with van der Waals surface area (Å²) in [6, 6.07) is 7.21. The van der Waals surface area contributed by atoms with Crippen LogP contribution in [0.3, 0.4) is 0 Å². The molecule has 42 heavy (non-hydrogen) atoms. The molecule has 3 aliphatic rings. The van der Waals surface area contributed by atoms with Crippen molar-refractivity contribution in [1.82, 2.24) is 0 Å². The number of esters is 2. The first kappa shape index (κ1) is 37.1. The van der Waals surface area contributed by atoms with Gasteiger partial charge in [0.05, 0.1) is 20.3 Å². The van der Waals surface area contributed by atoms with Crippen molar-refractivity contribution in [2.45, 2.75) is 92.3 Å². The zero-order valence-corrected chi connectivity index (χ0v) is 27.3. The van der Waals surface area contributed by atoms with Gasteiger partial charge in [0.25, 0.3) is 0 Å². The summed E-state index contributed by atoms with van der Waals surface area (Å²) in [4.78, 5) is 21.2. The number of nitrogens with two attached hydrogens (primary N) is 1. The van der Waals surface area contributed by atoms with Crippen LogP contribution in [0.1, 0.15) is 92.1 Å². The first-order chi connectivity index (χ1) is 19.9. The molecule has 236 valence electrons. The van der Waals surface area contributed by atoms with E-state index >= 15 is 0 Å². The molecule has 2 saturated carbocycles. The Hall–Kier alpha value is -2.90. The van der Waals surface area contributed by atoms with Crippen LogP contribution in [0.15, 0.2) is 54.1 Å². The topological polar surface area (TPSA) is 97.1 Å². The van der Waals surface area contributed by atoms with E-state index in [4.69, 9.17) is 15.2 Å². The Morgan fingerprint density at radius 3 is 2.36 bits per heavy atom. The number of rotatable bonds is 6. The van der Waals surface area contributed by atoms with Crippen molar-refractivity contribution in [2.24, 2.45) is 17.3 Å². The standard InChI is InChI=1S/C17H30O2.C10H11NO2.C6H8O2.C2H6/c1-13-8-9-15-14(11-13)7-6-10-17(15,4)12-19-16(2,3)18-5;1-13-10(12)7-4-8-2-5-9(11)6-3-8;1-2-5-3-4-8-6(5)7;1-2/h14-15H,1,6-12H2,2-5H3;2-7H,11H2,1H3;2H,3-4H2,1H3;1-2H3/b;7-4+;5-2+;/t14?,15?,17-;;;/m0.../s1. The van der Waals surface area contributed by atoms with Crippen molar-refractivity contribution in [1.29, 1.82) is 0 Å². The molecule has 0 spiro atoms. The van der Waals surface area contributed by atoms with Crippen LogP contribution in [0.5, 0.6) is 0 Å². The summed E-state index contributed by atoms with van der Waals surface area (Å²) in [6.07, 6.45) is 13.4. The summed E-state index contributed by atoms with van der Waals surface area (Å²) in [6.45, 7) is 17.9. The molecule has 0 aromatic heterocycles. The van der Waals surface area contributed by atoms with E-state index in [0.29, 0.717) is 17.7 Å². The first-order valence-electron chi connectivity index (χ1n) is 15.2. The van der Waals surface area contributed by atoms with Gasteiger partial charge in [-0.25, -0.2) is 9.59 Å². The highest BCUT2D eigenvalue weighted by Gasteiger charge is 2.44. The van der Waals surface area contributed by atoms with E-state index in [1.165, 1.54) is 57.3 Å². The number of anilines is 1. The fraction of sp³-hybridized carbons (Fsp3) is 0.600. The second kappa shape index (κ2) is 18.6. The Kier molecular flexibility index (Phi) is 16.4. The molecule has 4 rings (SSSR count). The summed E-state index contributed by atoms with van der Waals surface area (Å²) in [5.74, 6) is 0.673. The highest BCUT2D eigenvalue weighted by Crippen LogP contribution is 2.52. The third-order valence-electron chi connectivity index (χ3n) is 8.15. The lowest BCUT2D eigenvalue weighted by Crippen LogP contribution is -2.44. The van der Waals surface area contributed by atoms with Gasteiger partial charge in [0.1, 0.15) is 0 Å². The molecule has 2 unspecified atom stereocenters. The van der Waals surface area contributed by atoms with E-state index in [2.05, 4.69) is 23.0 Å². The number of fused-ring (bicyclic) bond motifs is 1. The molecule has 1 aliphatic heterocycles. The normalized spacial score (nSPS) is 24.2. The van der Waals surface area contributed by atoms with E-state index in [0.717, 1.165) is 36.0 Å². The predicted molar refractivity (Wildman–Crippen MR) is 172 cm³/mol. The number of allylic oxidation sites excluding steroid dienone is 2. The van der Waals surface area contributed by atoms with E-state index in [9.17, 15) is 9.59 Å². The van der Waals surface area contributed by atoms with Gasteiger partial charge in [-0.1, -0.05) is 57.6 Å². The van der Waals surface area contributed by atoms with Crippen LogP contribution in [-0.2, 0) is 28.5 Å². The molecule has 3 atom stereocenters. The second-order valence-corrected chi connectivity index (χ2v) is 11.5. The Morgan fingerprint density at radius 2 is 1.83 bits per heavy atom. The number of benzene rings is 1. The van der Waals surface area contributed by atoms with Crippen molar-refractivity contribution in [2.75, 3.05) is 33.2 Å². The number of nitrogen functional groups attached to an aromatic ring is 1. The zero-order valence-electron chi connectivity index (χ0n) is 27.3. The molecule has 7 heteroatoms. The van der Waals surface area contributed by atoms with Crippen molar-refractivity contribution in [3.8, 4) is 0 Å². The van der Waals surface area contributed by atoms with Crippen LogP contribution in [0.4, 0.5) is 5.69 Å².